The van der Waals surface area contributed by atoms with E-state index in [9.17, 15) is 9.59 Å². The summed E-state index contributed by atoms with van der Waals surface area (Å²) in [5.41, 5.74) is 6.55. The zero-order valence-electron chi connectivity index (χ0n) is 18.2. The zero-order chi connectivity index (χ0) is 23.1. The van der Waals surface area contributed by atoms with Gasteiger partial charge >= 0.3 is 0 Å². The number of nitrogens with two attached hydrogens (primary N) is 1. The van der Waals surface area contributed by atoms with Crippen LogP contribution in [-0.4, -0.2) is 29.6 Å². The van der Waals surface area contributed by atoms with E-state index in [2.05, 4.69) is 16.9 Å². The normalized spacial score (nSPS) is 13.5. The van der Waals surface area contributed by atoms with Crippen molar-refractivity contribution in [1.82, 2.24) is 5.32 Å². The monoisotopic (exact) mass is 453 g/mol. The average Bonchev–Trinajstić information content (AvgIpc) is 3.56. The Morgan fingerprint density at radius 2 is 1.84 bits per heavy atom. The Hall–Kier alpha value is -3.26. The van der Waals surface area contributed by atoms with Crippen LogP contribution in [0.5, 0.6) is 17.2 Å². The molecule has 7 nitrogen and oxygen atoms in total. The molecule has 1 aliphatic carbocycles. The van der Waals surface area contributed by atoms with Gasteiger partial charge in [0.05, 0.1) is 6.10 Å². The van der Waals surface area contributed by atoms with Crippen molar-refractivity contribution in [2.45, 2.75) is 32.8 Å². The molecule has 1 saturated carbocycles. The van der Waals surface area contributed by atoms with Crippen LogP contribution in [0.4, 0.5) is 0 Å². The molecule has 0 aromatic heterocycles. The SMILES string of the molecule is C=CSC(N)=NC(=O)c1cc(Oc2ccc(C(=O)NCC3CC3)cc2)cc(OC(C)C)c1. The van der Waals surface area contributed by atoms with Crippen molar-refractivity contribution in [2.75, 3.05) is 6.54 Å². The minimum Gasteiger partial charge on any atom is -0.491 e. The summed E-state index contributed by atoms with van der Waals surface area (Å²) in [7, 11) is 0. The molecule has 0 heterocycles. The van der Waals surface area contributed by atoms with Crippen LogP contribution in [0.25, 0.3) is 0 Å². The molecule has 1 fully saturated rings. The number of nitrogens with zero attached hydrogens (tertiary/aromatic N) is 1. The number of rotatable bonds is 9. The second kappa shape index (κ2) is 10.9. The number of amidine groups is 1. The van der Waals surface area contributed by atoms with E-state index in [0.29, 0.717) is 28.7 Å². The van der Waals surface area contributed by atoms with E-state index in [1.165, 1.54) is 18.2 Å². The summed E-state index contributed by atoms with van der Waals surface area (Å²) < 4.78 is 11.7. The summed E-state index contributed by atoms with van der Waals surface area (Å²) >= 11 is 1.06. The quantitative estimate of drug-likeness (QED) is 0.420. The molecular weight excluding hydrogens is 426 g/mol. The Morgan fingerprint density at radius 1 is 1.16 bits per heavy atom. The number of hydrogen-bond donors (Lipinski definition) is 2. The van der Waals surface area contributed by atoms with Crippen molar-refractivity contribution < 1.29 is 19.1 Å². The topological polar surface area (TPSA) is 103 Å². The Labute approximate surface area is 192 Å². The van der Waals surface area contributed by atoms with Gasteiger partial charge in [-0.05, 0) is 74.4 Å². The molecule has 3 N–H and O–H groups in total. The van der Waals surface area contributed by atoms with Crippen LogP contribution in [0.15, 0.2) is 59.4 Å². The van der Waals surface area contributed by atoms with Gasteiger partial charge in [0.15, 0.2) is 5.17 Å². The summed E-state index contributed by atoms with van der Waals surface area (Å²) in [6.45, 7) is 8.04. The second-order valence-electron chi connectivity index (χ2n) is 7.68. The first kappa shape index (κ1) is 23.4. The van der Waals surface area contributed by atoms with E-state index >= 15 is 0 Å². The number of hydrogen-bond acceptors (Lipinski definition) is 5. The van der Waals surface area contributed by atoms with E-state index in [4.69, 9.17) is 15.2 Å². The van der Waals surface area contributed by atoms with Crippen LogP contribution < -0.4 is 20.5 Å². The lowest BCUT2D eigenvalue weighted by Gasteiger charge is -2.13. The molecule has 2 aromatic carbocycles. The van der Waals surface area contributed by atoms with Crippen molar-refractivity contribution >= 4 is 28.7 Å². The second-order valence-corrected chi connectivity index (χ2v) is 8.67. The number of thioether (sulfide) groups is 1. The van der Waals surface area contributed by atoms with E-state index in [1.54, 1.807) is 42.5 Å². The lowest BCUT2D eigenvalue weighted by Crippen LogP contribution is -2.25. The lowest BCUT2D eigenvalue weighted by atomic mass is 10.1. The molecule has 3 rings (SSSR count). The largest absolute Gasteiger partial charge is 0.491 e. The molecule has 0 bridgehead atoms. The van der Waals surface area contributed by atoms with Gasteiger partial charge in [0.1, 0.15) is 17.2 Å². The maximum atomic E-state index is 12.5. The number of amides is 2. The molecule has 0 saturated heterocycles. The van der Waals surface area contributed by atoms with Crippen molar-refractivity contribution in [3.05, 3.63) is 65.6 Å². The van der Waals surface area contributed by atoms with Crippen LogP contribution in [0.3, 0.4) is 0 Å². The number of carbonyl (C=O) groups excluding carboxylic acids is 2. The Kier molecular flexibility index (Phi) is 7.94. The Morgan fingerprint density at radius 3 is 2.47 bits per heavy atom. The Bertz CT molecular complexity index is 1010. The molecule has 8 heteroatoms. The van der Waals surface area contributed by atoms with Crippen molar-refractivity contribution in [2.24, 2.45) is 16.6 Å². The standard InChI is InChI=1S/C24H27N3O4S/c1-4-32-24(25)27-23(29)18-11-20(30-15(2)3)13-21(12-18)31-19-9-7-17(8-10-19)22(28)26-14-16-5-6-16/h4,7-13,15-16H,1,5-6,14H2,2-3H3,(H,26,28)(H2,25,27,29). The number of carbonyl (C=O) groups is 2. The van der Waals surface area contributed by atoms with E-state index in [0.717, 1.165) is 18.3 Å². The fourth-order valence-electron chi connectivity index (χ4n) is 2.84. The van der Waals surface area contributed by atoms with Crippen LogP contribution in [0, 0.1) is 5.92 Å². The summed E-state index contributed by atoms with van der Waals surface area (Å²) in [5.74, 6) is 1.41. The maximum Gasteiger partial charge on any atom is 0.279 e. The molecular formula is C24H27N3O4S. The molecule has 32 heavy (non-hydrogen) atoms. The van der Waals surface area contributed by atoms with Gasteiger partial charge in [0.25, 0.3) is 11.8 Å². The first-order valence-corrected chi connectivity index (χ1v) is 11.3. The minimum atomic E-state index is -0.515. The predicted octanol–water partition coefficient (Wildman–Crippen LogP) is 4.74. The van der Waals surface area contributed by atoms with E-state index in [-0.39, 0.29) is 22.7 Å². The van der Waals surface area contributed by atoms with Crippen LogP contribution >= 0.6 is 11.8 Å². The van der Waals surface area contributed by atoms with Crippen LogP contribution in [0.1, 0.15) is 47.4 Å². The minimum absolute atomic E-state index is 0.0912. The molecule has 0 atom stereocenters. The molecule has 0 radical (unpaired) electrons. The maximum absolute atomic E-state index is 12.5. The third-order valence-corrected chi connectivity index (χ3v) is 5.01. The fourth-order valence-corrected chi connectivity index (χ4v) is 3.15. The summed E-state index contributed by atoms with van der Waals surface area (Å²) in [4.78, 5) is 28.6. The van der Waals surface area contributed by atoms with Gasteiger partial charge in [-0.2, -0.15) is 4.99 Å². The van der Waals surface area contributed by atoms with E-state index in [1.807, 2.05) is 13.8 Å². The highest BCUT2D eigenvalue weighted by molar-refractivity contribution is 8.16. The molecule has 1 aliphatic rings. The van der Waals surface area contributed by atoms with Gasteiger partial charge in [-0.25, -0.2) is 0 Å². The van der Waals surface area contributed by atoms with Gasteiger partial charge in [-0.15, -0.1) is 0 Å². The van der Waals surface area contributed by atoms with Crippen molar-refractivity contribution in [3.8, 4) is 17.2 Å². The van der Waals surface area contributed by atoms with Gasteiger partial charge in [0, 0.05) is 23.7 Å². The molecule has 0 aliphatic heterocycles. The Balaban J connectivity index is 1.76. The number of ether oxygens (including phenoxy) is 2. The number of aliphatic imine (C=N–C) groups is 1. The third-order valence-electron chi connectivity index (χ3n) is 4.52. The van der Waals surface area contributed by atoms with Gasteiger partial charge in [0.2, 0.25) is 0 Å². The number of benzene rings is 2. The average molecular weight is 454 g/mol. The zero-order valence-corrected chi connectivity index (χ0v) is 19.0. The van der Waals surface area contributed by atoms with Crippen LogP contribution in [0.2, 0.25) is 0 Å². The molecule has 0 spiro atoms. The van der Waals surface area contributed by atoms with Gasteiger partial charge < -0.3 is 20.5 Å². The van der Waals surface area contributed by atoms with Gasteiger partial charge in [-0.3, -0.25) is 9.59 Å². The van der Waals surface area contributed by atoms with Crippen molar-refractivity contribution in [1.29, 1.82) is 0 Å². The first-order chi connectivity index (χ1) is 15.3. The molecule has 168 valence electrons. The smallest absolute Gasteiger partial charge is 0.279 e. The molecule has 0 unspecified atom stereocenters. The molecule has 2 aromatic rings. The first-order valence-electron chi connectivity index (χ1n) is 10.4. The third kappa shape index (κ3) is 7.16. The highest BCUT2D eigenvalue weighted by Crippen LogP contribution is 2.29. The summed E-state index contributed by atoms with van der Waals surface area (Å²) in [6.07, 6.45) is 2.27. The highest BCUT2D eigenvalue weighted by atomic mass is 32.2. The van der Waals surface area contributed by atoms with Gasteiger partial charge in [-0.1, -0.05) is 18.3 Å². The highest BCUT2D eigenvalue weighted by Gasteiger charge is 2.21. The molecule has 2 amide bonds. The summed E-state index contributed by atoms with van der Waals surface area (Å²) in [5, 5.41) is 4.53. The summed E-state index contributed by atoms with van der Waals surface area (Å²) in [6, 6.07) is 11.7. The lowest BCUT2D eigenvalue weighted by molar-refractivity contribution is 0.0950. The predicted molar refractivity (Wildman–Crippen MR) is 128 cm³/mol. The van der Waals surface area contributed by atoms with E-state index < -0.39 is 5.91 Å². The number of nitrogens with one attached hydrogen (secondary N) is 1. The fraction of sp³-hybridized carbons (Fsp3) is 0.292. The van der Waals surface area contributed by atoms with Crippen molar-refractivity contribution in [3.63, 3.8) is 0 Å². The van der Waals surface area contributed by atoms with Crippen LogP contribution in [-0.2, 0) is 0 Å².